The van der Waals surface area contributed by atoms with Crippen LogP contribution >= 0.6 is 34.4 Å². The molecule has 1 aromatic heterocycles. The predicted molar refractivity (Wildman–Crippen MR) is 99.6 cm³/mol. The van der Waals surface area contributed by atoms with Crippen LogP contribution in [-0.2, 0) is 9.16 Å². The van der Waals surface area contributed by atoms with Gasteiger partial charge in [-0.15, -0.1) is 0 Å². The van der Waals surface area contributed by atoms with Crippen LogP contribution in [0.1, 0.15) is 16.4 Å². The molecule has 0 unspecified atom stereocenters. The lowest BCUT2D eigenvalue weighted by Gasteiger charge is -2.31. The molecule has 3 nitrogen and oxygen atoms in total. The molecule has 0 aliphatic carbocycles. The van der Waals surface area contributed by atoms with E-state index in [-0.39, 0.29) is 11.4 Å². The number of morpholine rings is 1. The monoisotopic (exact) mass is 426 g/mol. The van der Waals surface area contributed by atoms with E-state index in [4.69, 9.17) is 4.74 Å². The standard InChI is InChI=1S/C17H19IN2OS/c18-11-14-7-4-8-20-17(14)22-16(13-5-2-1-3-6-13)15-12-19-9-10-21-15/h1-8,15-16,19H,9-12H2/t15-,16-/m0/s1. The van der Waals surface area contributed by atoms with Crippen molar-refractivity contribution in [2.45, 2.75) is 20.8 Å². The van der Waals surface area contributed by atoms with Crippen LogP contribution in [0.5, 0.6) is 0 Å². The summed E-state index contributed by atoms with van der Waals surface area (Å²) in [5.74, 6) is 0. The van der Waals surface area contributed by atoms with E-state index in [9.17, 15) is 0 Å². The van der Waals surface area contributed by atoms with E-state index in [1.165, 1.54) is 11.1 Å². The molecule has 0 saturated carbocycles. The smallest absolute Gasteiger partial charge is 0.101 e. The maximum atomic E-state index is 6.03. The Hall–Kier alpha value is -0.630. The number of pyridine rings is 1. The molecule has 0 bridgehead atoms. The largest absolute Gasteiger partial charge is 0.374 e. The highest BCUT2D eigenvalue weighted by Gasteiger charge is 2.28. The molecular formula is C17H19IN2OS. The Balaban J connectivity index is 1.88. The fourth-order valence-corrected chi connectivity index (χ4v) is 4.68. The molecule has 1 aromatic carbocycles. The van der Waals surface area contributed by atoms with Crippen LogP contribution in [0.3, 0.4) is 0 Å². The zero-order chi connectivity index (χ0) is 15.2. The van der Waals surface area contributed by atoms with Gasteiger partial charge in [0.1, 0.15) is 5.03 Å². The quantitative estimate of drug-likeness (QED) is 0.448. The molecule has 5 heteroatoms. The van der Waals surface area contributed by atoms with Gasteiger partial charge in [-0.2, -0.15) is 0 Å². The number of halogens is 1. The van der Waals surface area contributed by atoms with E-state index in [2.05, 4.69) is 69.3 Å². The van der Waals surface area contributed by atoms with E-state index >= 15 is 0 Å². The first-order valence-corrected chi connectivity index (χ1v) is 9.83. The van der Waals surface area contributed by atoms with E-state index in [0.29, 0.717) is 0 Å². The Labute approximate surface area is 149 Å². The molecule has 1 N–H and O–H groups in total. The summed E-state index contributed by atoms with van der Waals surface area (Å²) in [6.45, 7) is 2.60. The second-order valence-corrected chi connectivity index (χ2v) is 7.06. The van der Waals surface area contributed by atoms with Gasteiger partial charge < -0.3 is 10.1 Å². The molecule has 1 fully saturated rings. The Morgan fingerprint density at radius 2 is 2.14 bits per heavy atom. The number of hydrogen-bond donors (Lipinski definition) is 1. The number of hydrogen-bond acceptors (Lipinski definition) is 4. The van der Waals surface area contributed by atoms with Crippen LogP contribution < -0.4 is 5.32 Å². The second-order valence-electron chi connectivity index (χ2n) is 5.16. The van der Waals surface area contributed by atoms with Crippen molar-refractivity contribution in [2.24, 2.45) is 0 Å². The Bertz CT molecular complexity index is 590. The van der Waals surface area contributed by atoms with Gasteiger partial charge in [0, 0.05) is 23.7 Å². The van der Waals surface area contributed by atoms with Gasteiger partial charge in [-0.1, -0.05) is 70.8 Å². The normalized spacial score (nSPS) is 19.8. The number of ether oxygens (including phenoxy) is 1. The predicted octanol–water partition coefficient (Wildman–Crippen LogP) is 3.84. The Kier molecular flexibility index (Phi) is 6.12. The molecule has 2 aromatic rings. The summed E-state index contributed by atoms with van der Waals surface area (Å²) in [6, 6.07) is 14.8. The molecule has 116 valence electrons. The van der Waals surface area contributed by atoms with Gasteiger partial charge in [0.2, 0.25) is 0 Å². The fraction of sp³-hybridized carbons (Fsp3) is 0.353. The number of nitrogens with one attached hydrogen (secondary N) is 1. The molecule has 22 heavy (non-hydrogen) atoms. The minimum absolute atomic E-state index is 0.171. The zero-order valence-corrected chi connectivity index (χ0v) is 15.2. The minimum atomic E-state index is 0.171. The van der Waals surface area contributed by atoms with E-state index in [1.807, 2.05) is 24.0 Å². The average molecular weight is 426 g/mol. The van der Waals surface area contributed by atoms with Gasteiger partial charge in [0.15, 0.2) is 0 Å². The number of thioether (sulfide) groups is 1. The topological polar surface area (TPSA) is 34.2 Å². The van der Waals surface area contributed by atoms with Crippen LogP contribution in [0.4, 0.5) is 0 Å². The van der Waals surface area contributed by atoms with Crippen molar-refractivity contribution in [2.75, 3.05) is 19.7 Å². The first kappa shape index (κ1) is 16.2. The van der Waals surface area contributed by atoms with Crippen molar-refractivity contribution in [3.63, 3.8) is 0 Å². The minimum Gasteiger partial charge on any atom is -0.374 e. The lowest BCUT2D eigenvalue weighted by atomic mass is 10.1. The summed E-state index contributed by atoms with van der Waals surface area (Å²) in [6.07, 6.45) is 2.05. The molecule has 3 rings (SSSR count). The first-order valence-electron chi connectivity index (χ1n) is 7.42. The molecule has 1 aliphatic rings. The summed E-state index contributed by atoms with van der Waals surface area (Å²) in [5, 5.41) is 4.81. The summed E-state index contributed by atoms with van der Waals surface area (Å²) in [4.78, 5) is 4.59. The van der Waals surface area contributed by atoms with E-state index < -0.39 is 0 Å². The summed E-state index contributed by atoms with van der Waals surface area (Å²) in [7, 11) is 0. The third-order valence-electron chi connectivity index (χ3n) is 3.65. The molecular weight excluding hydrogens is 407 g/mol. The van der Waals surface area contributed by atoms with Crippen molar-refractivity contribution in [1.29, 1.82) is 0 Å². The summed E-state index contributed by atoms with van der Waals surface area (Å²) >= 11 is 4.22. The van der Waals surface area contributed by atoms with Gasteiger partial charge in [0.05, 0.1) is 18.0 Å². The van der Waals surface area contributed by atoms with E-state index in [0.717, 1.165) is 29.1 Å². The second kappa shape index (κ2) is 8.29. The Morgan fingerprint density at radius 3 is 2.86 bits per heavy atom. The van der Waals surface area contributed by atoms with Gasteiger partial charge in [-0.05, 0) is 17.2 Å². The molecule has 0 spiro atoms. The highest BCUT2D eigenvalue weighted by molar-refractivity contribution is 14.1. The van der Waals surface area contributed by atoms with Crippen LogP contribution in [0.15, 0.2) is 53.7 Å². The average Bonchev–Trinajstić information content (AvgIpc) is 2.61. The molecule has 0 amide bonds. The van der Waals surface area contributed by atoms with Crippen LogP contribution in [0.2, 0.25) is 0 Å². The maximum absolute atomic E-state index is 6.03. The highest BCUT2D eigenvalue weighted by Crippen LogP contribution is 2.40. The van der Waals surface area contributed by atoms with Gasteiger partial charge in [-0.3, -0.25) is 0 Å². The lowest BCUT2D eigenvalue weighted by Crippen LogP contribution is -2.41. The number of aromatic nitrogens is 1. The molecule has 2 atom stereocenters. The summed E-state index contributed by atoms with van der Waals surface area (Å²) < 4.78 is 7.00. The molecule has 2 heterocycles. The number of nitrogens with zero attached hydrogens (tertiary/aromatic N) is 1. The van der Waals surface area contributed by atoms with Gasteiger partial charge in [0.25, 0.3) is 0 Å². The van der Waals surface area contributed by atoms with Crippen molar-refractivity contribution in [1.82, 2.24) is 10.3 Å². The van der Waals surface area contributed by atoms with Crippen molar-refractivity contribution < 1.29 is 4.74 Å². The highest BCUT2D eigenvalue weighted by atomic mass is 127. The maximum Gasteiger partial charge on any atom is 0.101 e. The molecule has 0 radical (unpaired) electrons. The van der Waals surface area contributed by atoms with Crippen LogP contribution in [0, 0.1) is 0 Å². The molecule has 1 aliphatic heterocycles. The van der Waals surface area contributed by atoms with E-state index in [1.54, 1.807) is 0 Å². The lowest BCUT2D eigenvalue weighted by molar-refractivity contribution is 0.0273. The van der Waals surface area contributed by atoms with Crippen LogP contribution in [-0.4, -0.2) is 30.8 Å². The number of benzene rings is 1. The van der Waals surface area contributed by atoms with Crippen molar-refractivity contribution >= 4 is 34.4 Å². The van der Waals surface area contributed by atoms with Gasteiger partial charge >= 0.3 is 0 Å². The van der Waals surface area contributed by atoms with Crippen molar-refractivity contribution in [3.05, 3.63) is 59.8 Å². The molecule has 1 saturated heterocycles. The van der Waals surface area contributed by atoms with Crippen molar-refractivity contribution in [3.8, 4) is 0 Å². The fourth-order valence-electron chi connectivity index (χ4n) is 2.53. The third kappa shape index (κ3) is 4.01. The summed E-state index contributed by atoms with van der Waals surface area (Å²) in [5.41, 5.74) is 2.59. The number of rotatable bonds is 5. The van der Waals surface area contributed by atoms with Gasteiger partial charge in [-0.25, -0.2) is 4.98 Å². The first-order chi connectivity index (χ1) is 10.9. The number of alkyl halides is 1. The SMILES string of the molecule is ICc1cccnc1S[C@@H](c1ccccc1)[C@@H]1CNCCO1. The zero-order valence-electron chi connectivity index (χ0n) is 12.2. The third-order valence-corrected chi connectivity index (χ3v) is 5.90. The van der Waals surface area contributed by atoms with Crippen LogP contribution in [0.25, 0.3) is 0 Å². The Morgan fingerprint density at radius 1 is 1.27 bits per heavy atom.